The van der Waals surface area contributed by atoms with Crippen LogP contribution in [0.4, 0.5) is 11.5 Å². The molecule has 0 bridgehead atoms. The molecule has 0 aliphatic carbocycles. The second-order valence-corrected chi connectivity index (χ2v) is 6.64. The van der Waals surface area contributed by atoms with Gasteiger partial charge in [-0.15, -0.1) is 0 Å². The van der Waals surface area contributed by atoms with Crippen LogP contribution in [0.5, 0.6) is 5.88 Å². The number of hydrogen-bond donors (Lipinski definition) is 1. The van der Waals surface area contributed by atoms with Crippen LogP contribution >= 0.6 is 0 Å². The van der Waals surface area contributed by atoms with Gasteiger partial charge in [0.1, 0.15) is 0 Å². The molecule has 1 aliphatic heterocycles. The van der Waals surface area contributed by atoms with E-state index in [1.54, 1.807) is 24.5 Å². The Kier molecular flexibility index (Phi) is 7.96. The van der Waals surface area contributed by atoms with Gasteiger partial charge in [0.25, 0.3) is 0 Å². The summed E-state index contributed by atoms with van der Waals surface area (Å²) in [6.45, 7) is 5.63. The lowest BCUT2D eigenvalue weighted by atomic mass is 10.0. The Morgan fingerprint density at radius 3 is 2.64 bits per heavy atom. The first-order chi connectivity index (χ1) is 13.2. The highest BCUT2D eigenvalue weighted by atomic mass is 16.5. The Bertz CT molecular complexity index is 844. The van der Waals surface area contributed by atoms with E-state index >= 15 is 0 Å². The predicted molar refractivity (Wildman–Crippen MR) is 109 cm³/mol. The quantitative estimate of drug-likeness (QED) is 0.639. The molecule has 0 amide bonds. The average Bonchev–Trinajstić information content (AvgIpc) is 2.69. The van der Waals surface area contributed by atoms with Crippen LogP contribution in [0.15, 0.2) is 48.3 Å². The Hall–Kier alpha value is -2.92. The van der Waals surface area contributed by atoms with Crippen LogP contribution < -0.4 is 15.1 Å². The molecule has 1 saturated heterocycles. The van der Waals surface area contributed by atoms with Crippen LogP contribution in [0.2, 0.25) is 0 Å². The number of nitrogens with two attached hydrogens (primary N) is 1. The maximum absolute atomic E-state index is 11.2. The van der Waals surface area contributed by atoms with E-state index in [4.69, 9.17) is 4.74 Å². The molecule has 2 aromatic rings. The first-order valence-electron chi connectivity index (χ1n) is 9.13. The molecular formula is C21H26N4O3. The van der Waals surface area contributed by atoms with E-state index < -0.39 is 0 Å². The lowest BCUT2D eigenvalue weighted by Gasteiger charge is -2.29. The van der Waals surface area contributed by atoms with Crippen molar-refractivity contribution >= 4 is 11.5 Å². The number of hydrogen-bond acceptors (Lipinski definition) is 5. The van der Waals surface area contributed by atoms with Crippen LogP contribution in [-0.2, 0) is 0 Å². The molecule has 2 aromatic heterocycles. The summed E-state index contributed by atoms with van der Waals surface area (Å²) in [5, 5.41) is 11.2. The third kappa shape index (κ3) is 5.79. The van der Waals surface area contributed by atoms with Crippen LogP contribution in [0.3, 0.4) is 0 Å². The second kappa shape index (κ2) is 10.4. The van der Waals surface area contributed by atoms with E-state index in [0.717, 1.165) is 42.8 Å². The van der Waals surface area contributed by atoms with Gasteiger partial charge in [0.05, 0.1) is 6.10 Å². The molecule has 0 radical (unpaired) electrons. The zero-order chi connectivity index (χ0) is 19.1. The van der Waals surface area contributed by atoms with E-state index in [0.29, 0.717) is 11.6 Å². The smallest absolute Gasteiger partial charge is 0.213 e. The third-order valence-corrected chi connectivity index (χ3v) is 4.23. The topological polar surface area (TPSA) is 109 Å². The molecule has 4 N–H and O–H groups in total. The number of nitrogens with zero attached hydrogens (tertiary/aromatic N) is 3. The largest absolute Gasteiger partial charge is 0.630 e. The van der Waals surface area contributed by atoms with Gasteiger partial charge in [0.15, 0.2) is 11.5 Å². The monoisotopic (exact) mass is 382 g/mol. The highest BCUT2D eigenvalue weighted by Gasteiger charge is 2.18. The highest BCUT2D eigenvalue weighted by molar-refractivity contribution is 5.57. The Morgan fingerprint density at radius 2 is 2.00 bits per heavy atom. The van der Waals surface area contributed by atoms with E-state index in [9.17, 15) is 5.21 Å². The summed E-state index contributed by atoms with van der Waals surface area (Å²) in [6, 6.07) is 7.35. The molecule has 28 heavy (non-hydrogen) atoms. The minimum atomic E-state index is 0. The fraction of sp³-hybridized carbons (Fsp3) is 0.333. The van der Waals surface area contributed by atoms with Gasteiger partial charge in [-0.3, -0.25) is 0 Å². The number of allylic oxidation sites excluding steroid dienone is 1. The summed E-state index contributed by atoms with van der Waals surface area (Å²) >= 11 is 0. The van der Waals surface area contributed by atoms with Crippen LogP contribution in [0.25, 0.3) is 0 Å². The molecule has 0 saturated carbocycles. The zero-order valence-corrected chi connectivity index (χ0v) is 16.2. The van der Waals surface area contributed by atoms with E-state index in [2.05, 4.69) is 26.7 Å². The van der Waals surface area contributed by atoms with Gasteiger partial charge in [-0.05, 0) is 44.9 Å². The van der Waals surface area contributed by atoms with Crippen LogP contribution in [0.1, 0.15) is 32.3 Å². The molecule has 0 unspecified atom stereocenters. The van der Waals surface area contributed by atoms with Crippen LogP contribution in [0, 0.1) is 17.0 Å². The first-order valence-corrected chi connectivity index (χ1v) is 9.13. The highest BCUT2D eigenvalue weighted by Crippen LogP contribution is 2.24. The van der Waals surface area contributed by atoms with Crippen molar-refractivity contribution in [2.24, 2.45) is 0 Å². The fourth-order valence-electron chi connectivity index (χ4n) is 2.90. The molecule has 148 valence electrons. The van der Waals surface area contributed by atoms with Crippen molar-refractivity contribution < 1.29 is 15.7 Å². The van der Waals surface area contributed by atoms with Gasteiger partial charge in [-0.25, -0.2) is 9.97 Å². The van der Waals surface area contributed by atoms with Crippen molar-refractivity contribution in [3.05, 3.63) is 59.1 Å². The molecule has 1 aliphatic rings. The molecule has 7 heteroatoms. The summed E-state index contributed by atoms with van der Waals surface area (Å²) in [4.78, 5) is 10.8. The second-order valence-electron chi connectivity index (χ2n) is 6.64. The molecule has 3 heterocycles. The van der Waals surface area contributed by atoms with Gasteiger partial charge in [0, 0.05) is 43.2 Å². The Labute approximate surface area is 165 Å². The van der Waals surface area contributed by atoms with Crippen LogP contribution in [-0.4, -0.2) is 34.6 Å². The SMILES string of the molecule is CC(C)Oc1ccc(C#CC=C2CCN(c3ncccc3[NH2+][O-])CC2)cn1.O. The van der Waals surface area contributed by atoms with Crippen molar-refractivity contribution in [3.8, 4) is 17.7 Å². The Balaban J connectivity index is 0.00000280. The van der Waals surface area contributed by atoms with Gasteiger partial charge < -0.3 is 25.8 Å². The minimum absolute atomic E-state index is 0. The summed E-state index contributed by atoms with van der Waals surface area (Å²) in [5.74, 6) is 7.63. The number of aromatic nitrogens is 2. The summed E-state index contributed by atoms with van der Waals surface area (Å²) < 4.78 is 5.53. The van der Waals surface area contributed by atoms with E-state index in [-0.39, 0.29) is 11.6 Å². The molecule has 1 fully saturated rings. The maximum atomic E-state index is 11.2. The number of anilines is 1. The lowest BCUT2D eigenvalue weighted by molar-refractivity contribution is -0.496. The molecule has 0 aromatic carbocycles. The average molecular weight is 382 g/mol. The summed E-state index contributed by atoms with van der Waals surface area (Å²) in [5.41, 5.74) is 3.69. The molecule has 0 spiro atoms. The predicted octanol–water partition coefficient (Wildman–Crippen LogP) is 1.71. The summed E-state index contributed by atoms with van der Waals surface area (Å²) in [7, 11) is 0. The standard InChI is InChI=1S/C21H24N4O2.H2O/c1-16(2)27-20-9-8-18(15-23-20)6-3-5-17-10-13-25(14-11-17)21-19(24-26)7-4-12-22-21;/h4-5,7-9,12,15-16H,10-11,13-14,24H2,1-2H3;1H2. The molecule has 0 atom stereocenters. The normalized spacial score (nSPS) is 13.4. The third-order valence-electron chi connectivity index (χ3n) is 4.23. The van der Waals surface area contributed by atoms with Gasteiger partial charge >= 0.3 is 0 Å². The van der Waals surface area contributed by atoms with Crippen molar-refractivity contribution in [3.63, 3.8) is 0 Å². The van der Waals surface area contributed by atoms with Crippen molar-refractivity contribution in [1.82, 2.24) is 9.97 Å². The van der Waals surface area contributed by atoms with Gasteiger partial charge in [-0.1, -0.05) is 17.4 Å². The Morgan fingerprint density at radius 1 is 1.21 bits per heavy atom. The van der Waals surface area contributed by atoms with Crippen molar-refractivity contribution in [1.29, 1.82) is 0 Å². The zero-order valence-electron chi connectivity index (χ0n) is 16.2. The first kappa shape index (κ1) is 21.4. The van der Waals surface area contributed by atoms with Crippen molar-refractivity contribution in [2.75, 3.05) is 18.0 Å². The minimum Gasteiger partial charge on any atom is -0.630 e. The van der Waals surface area contributed by atoms with E-state index in [1.807, 2.05) is 32.1 Å². The lowest BCUT2D eigenvalue weighted by Crippen LogP contribution is -2.70. The number of rotatable bonds is 4. The van der Waals surface area contributed by atoms with Gasteiger partial charge in [-0.2, -0.15) is 0 Å². The van der Waals surface area contributed by atoms with Crippen molar-refractivity contribution in [2.45, 2.75) is 32.8 Å². The van der Waals surface area contributed by atoms with E-state index in [1.165, 1.54) is 5.57 Å². The molecular weight excluding hydrogens is 356 g/mol. The molecule has 3 rings (SSSR count). The molecule has 7 nitrogen and oxygen atoms in total. The number of quaternary nitrogens is 1. The number of pyridine rings is 2. The van der Waals surface area contributed by atoms with Gasteiger partial charge in [0.2, 0.25) is 5.88 Å². The maximum Gasteiger partial charge on any atom is 0.213 e. The number of piperidine rings is 1. The number of ether oxygens (including phenoxy) is 1. The fourth-order valence-corrected chi connectivity index (χ4v) is 2.90. The summed E-state index contributed by atoms with van der Waals surface area (Å²) in [6.07, 6.45) is 7.40.